The Kier molecular flexibility index (Phi) is 5.20. The third-order valence-electron chi connectivity index (χ3n) is 3.46. The maximum absolute atomic E-state index is 12.0. The van der Waals surface area contributed by atoms with Gasteiger partial charge in [-0.2, -0.15) is 0 Å². The zero-order chi connectivity index (χ0) is 15.2. The minimum atomic E-state index is -0.898. The summed E-state index contributed by atoms with van der Waals surface area (Å²) in [6, 6.07) is 7.67. The van der Waals surface area contributed by atoms with E-state index in [2.05, 4.69) is 0 Å². The number of carbonyl (C=O) groups excluding carboxylic acids is 2. The molecule has 0 fully saturated rings. The fourth-order valence-electron chi connectivity index (χ4n) is 2.48. The van der Waals surface area contributed by atoms with Crippen LogP contribution in [0.3, 0.4) is 0 Å². The van der Waals surface area contributed by atoms with Crippen LogP contribution >= 0.6 is 0 Å². The number of hydrogen-bond donors (Lipinski definition) is 0. The van der Waals surface area contributed by atoms with Gasteiger partial charge in [-0.1, -0.05) is 18.2 Å². The maximum Gasteiger partial charge on any atom is 0.320 e. The van der Waals surface area contributed by atoms with Gasteiger partial charge in [-0.25, -0.2) is 0 Å². The van der Waals surface area contributed by atoms with E-state index in [0.717, 1.165) is 11.3 Å². The predicted octanol–water partition coefficient (Wildman–Crippen LogP) is 2.30. The van der Waals surface area contributed by atoms with Crippen molar-refractivity contribution in [3.63, 3.8) is 0 Å². The standard InChI is InChI=1S/C16H20O5/c1-3-19-15(17)13(16(18)20-4-2)9-11-10-21-14-8-6-5-7-12(11)14/h5-8,11,13H,3-4,9-10H2,1-2H3. The fourth-order valence-corrected chi connectivity index (χ4v) is 2.48. The zero-order valence-electron chi connectivity index (χ0n) is 12.3. The van der Waals surface area contributed by atoms with E-state index < -0.39 is 17.9 Å². The third kappa shape index (κ3) is 3.54. The van der Waals surface area contributed by atoms with Crippen LogP contribution in [0.2, 0.25) is 0 Å². The van der Waals surface area contributed by atoms with Crippen molar-refractivity contribution in [2.24, 2.45) is 5.92 Å². The van der Waals surface area contributed by atoms with Gasteiger partial charge in [0.15, 0.2) is 5.92 Å². The zero-order valence-corrected chi connectivity index (χ0v) is 12.3. The van der Waals surface area contributed by atoms with Crippen LogP contribution in [0, 0.1) is 5.92 Å². The molecule has 0 radical (unpaired) electrons. The summed E-state index contributed by atoms with van der Waals surface area (Å²) >= 11 is 0. The van der Waals surface area contributed by atoms with E-state index in [1.807, 2.05) is 24.3 Å². The van der Waals surface area contributed by atoms with E-state index in [1.54, 1.807) is 13.8 Å². The van der Waals surface area contributed by atoms with Crippen molar-refractivity contribution in [3.05, 3.63) is 29.8 Å². The van der Waals surface area contributed by atoms with Crippen LogP contribution in [0.15, 0.2) is 24.3 Å². The van der Waals surface area contributed by atoms with Crippen molar-refractivity contribution in [2.75, 3.05) is 19.8 Å². The second-order valence-electron chi connectivity index (χ2n) is 4.84. The monoisotopic (exact) mass is 292 g/mol. The molecule has 0 bridgehead atoms. The number of ether oxygens (including phenoxy) is 3. The molecule has 5 heteroatoms. The first-order chi connectivity index (χ1) is 10.2. The van der Waals surface area contributed by atoms with E-state index in [9.17, 15) is 9.59 Å². The van der Waals surface area contributed by atoms with Crippen LogP contribution in [0.25, 0.3) is 0 Å². The Balaban J connectivity index is 2.12. The van der Waals surface area contributed by atoms with Crippen molar-refractivity contribution < 1.29 is 23.8 Å². The number of para-hydroxylation sites is 1. The minimum Gasteiger partial charge on any atom is -0.493 e. The quantitative estimate of drug-likeness (QED) is 0.594. The van der Waals surface area contributed by atoms with Crippen LogP contribution in [0.4, 0.5) is 0 Å². The van der Waals surface area contributed by atoms with E-state index in [1.165, 1.54) is 0 Å². The van der Waals surface area contributed by atoms with Gasteiger partial charge in [0.05, 0.1) is 19.8 Å². The van der Waals surface area contributed by atoms with Gasteiger partial charge >= 0.3 is 11.9 Å². The summed E-state index contributed by atoms with van der Waals surface area (Å²) in [5.41, 5.74) is 1.02. The molecule has 0 saturated carbocycles. The molecule has 1 aromatic rings. The molecule has 0 aliphatic carbocycles. The molecule has 1 atom stereocenters. The van der Waals surface area contributed by atoms with Crippen LogP contribution < -0.4 is 4.74 Å². The van der Waals surface area contributed by atoms with Crippen molar-refractivity contribution in [3.8, 4) is 5.75 Å². The van der Waals surface area contributed by atoms with Gasteiger partial charge in [-0.05, 0) is 26.3 Å². The lowest BCUT2D eigenvalue weighted by Crippen LogP contribution is -2.30. The van der Waals surface area contributed by atoms with Gasteiger partial charge in [-0.15, -0.1) is 0 Å². The van der Waals surface area contributed by atoms with E-state index in [0.29, 0.717) is 13.0 Å². The highest BCUT2D eigenvalue weighted by atomic mass is 16.6. The van der Waals surface area contributed by atoms with Gasteiger partial charge in [0, 0.05) is 11.5 Å². The molecule has 1 aliphatic rings. The molecule has 114 valence electrons. The molecule has 2 rings (SSSR count). The van der Waals surface area contributed by atoms with Crippen molar-refractivity contribution in [1.29, 1.82) is 0 Å². The molecule has 1 heterocycles. The summed E-state index contributed by atoms with van der Waals surface area (Å²) in [6.45, 7) is 4.38. The largest absolute Gasteiger partial charge is 0.493 e. The topological polar surface area (TPSA) is 61.8 Å². The van der Waals surface area contributed by atoms with Crippen LogP contribution in [-0.4, -0.2) is 31.8 Å². The van der Waals surface area contributed by atoms with Crippen molar-refractivity contribution in [1.82, 2.24) is 0 Å². The summed E-state index contributed by atoms with van der Waals surface area (Å²) in [4.78, 5) is 24.0. The van der Waals surface area contributed by atoms with Crippen LogP contribution in [-0.2, 0) is 19.1 Å². The molecule has 0 aromatic heterocycles. The Bertz CT molecular complexity index is 493. The molecule has 0 saturated heterocycles. The molecular weight excluding hydrogens is 272 g/mol. The molecule has 5 nitrogen and oxygen atoms in total. The Hall–Kier alpha value is -2.04. The predicted molar refractivity (Wildman–Crippen MR) is 76.1 cm³/mol. The number of rotatable bonds is 6. The number of hydrogen-bond acceptors (Lipinski definition) is 5. The molecule has 1 unspecified atom stereocenters. The van der Waals surface area contributed by atoms with Gasteiger partial charge in [0.1, 0.15) is 5.75 Å². The minimum absolute atomic E-state index is 0.0000113. The molecule has 0 amide bonds. The van der Waals surface area contributed by atoms with Crippen molar-refractivity contribution >= 4 is 11.9 Å². The first-order valence-electron chi connectivity index (χ1n) is 7.22. The van der Waals surface area contributed by atoms with Gasteiger partial charge in [-0.3, -0.25) is 9.59 Å². The van der Waals surface area contributed by atoms with E-state index >= 15 is 0 Å². The molecular formula is C16H20O5. The first-order valence-corrected chi connectivity index (χ1v) is 7.22. The molecule has 1 aromatic carbocycles. The fraction of sp³-hybridized carbons (Fsp3) is 0.500. The highest BCUT2D eigenvalue weighted by Gasteiger charge is 2.35. The highest BCUT2D eigenvalue weighted by Crippen LogP contribution is 2.37. The smallest absolute Gasteiger partial charge is 0.320 e. The average molecular weight is 292 g/mol. The summed E-state index contributed by atoms with van der Waals surface area (Å²) in [7, 11) is 0. The van der Waals surface area contributed by atoms with E-state index in [4.69, 9.17) is 14.2 Å². The highest BCUT2D eigenvalue weighted by molar-refractivity contribution is 5.95. The van der Waals surface area contributed by atoms with Gasteiger partial charge in [0.25, 0.3) is 0 Å². The Morgan fingerprint density at radius 2 is 1.81 bits per heavy atom. The lowest BCUT2D eigenvalue weighted by atomic mass is 9.90. The molecule has 0 spiro atoms. The number of fused-ring (bicyclic) bond motifs is 1. The normalized spacial score (nSPS) is 16.2. The molecule has 0 N–H and O–H groups in total. The second kappa shape index (κ2) is 7.11. The Morgan fingerprint density at radius 1 is 1.19 bits per heavy atom. The molecule has 21 heavy (non-hydrogen) atoms. The summed E-state index contributed by atoms with van der Waals surface area (Å²) in [5.74, 6) is -1.14. The second-order valence-corrected chi connectivity index (χ2v) is 4.84. The number of esters is 2. The summed E-state index contributed by atoms with van der Waals surface area (Å²) in [6.07, 6.45) is 0.342. The number of carbonyl (C=O) groups is 2. The first kappa shape index (κ1) is 15.4. The lowest BCUT2D eigenvalue weighted by molar-refractivity contribution is -0.162. The maximum atomic E-state index is 12.0. The van der Waals surface area contributed by atoms with Gasteiger partial charge in [0.2, 0.25) is 0 Å². The number of benzene rings is 1. The van der Waals surface area contributed by atoms with Crippen LogP contribution in [0.1, 0.15) is 31.7 Å². The lowest BCUT2D eigenvalue weighted by Gasteiger charge is -2.17. The Morgan fingerprint density at radius 3 is 2.43 bits per heavy atom. The van der Waals surface area contributed by atoms with E-state index in [-0.39, 0.29) is 19.1 Å². The SMILES string of the molecule is CCOC(=O)C(CC1COc2ccccc21)C(=O)OCC. The summed E-state index contributed by atoms with van der Waals surface area (Å²) < 4.78 is 15.6. The average Bonchev–Trinajstić information content (AvgIpc) is 2.88. The van der Waals surface area contributed by atoms with Crippen LogP contribution in [0.5, 0.6) is 5.75 Å². The Labute approximate surface area is 124 Å². The summed E-state index contributed by atoms with van der Waals surface area (Å²) in [5, 5.41) is 0. The third-order valence-corrected chi connectivity index (χ3v) is 3.46. The molecule has 1 aliphatic heterocycles. The van der Waals surface area contributed by atoms with Crippen molar-refractivity contribution in [2.45, 2.75) is 26.2 Å². The van der Waals surface area contributed by atoms with Gasteiger partial charge < -0.3 is 14.2 Å².